The van der Waals surface area contributed by atoms with Crippen molar-refractivity contribution in [3.63, 3.8) is 0 Å². The van der Waals surface area contributed by atoms with E-state index in [4.69, 9.17) is 14.2 Å². The standard InChI is InChI=1S/C30H32N2O7S/c1-37-15-3-12-32-25-8-6-21(23-4-2-5-24(29(23)25)30(32)34)18-26(33)20-10-13-31(14-11-20)40(35,36)22-7-9-27-28(19-22)39-17-16-38-27/h2,4-9,19-20H,3,10-18H2,1H3. The quantitative estimate of drug-likeness (QED) is 0.364. The minimum Gasteiger partial charge on any atom is -0.486 e. The summed E-state index contributed by atoms with van der Waals surface area (Å²) in [4.78, 5) is 28.4. The summed E-state index contributed by atoms with van der Waals surface area (Å²) in [6.45, 7) is 2.53. The minimum atomic E-state index is -3.71. The lowest BCUT2D eigenvalue weighted by Gasteiger charge is -2.31. The molecule has 0 bridgehead atoms. The van der Waals surface area contributed by atoms with E-state index in [2.05, 4.69) is 0 Å². The van der Waals surface area contributed by atoms with Crippen molar-refractivity contribution in [2.24, 2.45) is 5.92 Å². The second kappa shape index (κ2) is 10.8. The highest BCUT2D eigenvalue weighted by molar-refractivity contribution is 7.89. The number of rotatable bonds is 9. The summed E-state index contributed by atoms with van der Waals surface area (Å²) in [5.41, 5.74) is 2.43. The highest BCUT2D eigenvalue weighted by atomic mass is 32.2. The van der Waals surface area contributed by atoms with Gasteiger partial charge >= 0.3 is 0 Å². The monoisotopic (exact) mass is 564 g/mol. The summed E-state index contributed by atoms with van der Waals surface area (Å²) >= 11 is 0. The predicted octanol–water partition coefficient (Wildman–Crippen LogP) is 3.82. The first kappa shape index (κ1) is 26.7. The van der Waals surface area contributed by atoms with Crippen LogP contribution in [0.1, 0.15) is 35.2 Å². The van der Waals surface area contributed by atoms with Crippen molar-refractivity contribution < 1.29 is 32.2 Å². The number of carbonyl (C=O) groups is 2. The first-order valence-electron chi connectivity index (χ1n) is 13.7. The van der Waals surface area contributed by atoms with Gasteiger partial charge in [0.05, 0.1) is 10.6 Å². The number of hydrogen-bond donors (Lipinski definition) is 0. The summed E-state index contributed by atoms with van der Waals surface area (Å²) in [6, 6.07) is 14.2. The van der Waals surface area contributed by atoms with Gasteiger partial charge in [0.1, 0.15) is 19.0 Å². The van der Waals surface area contributed by atoms with Gasteiger partial charge in [-0.25, -0.2) is 8.42 Å². The molecule has 1 fully saturated rings. The Balaban J connectivity index is 1.14. The lowest BCUT2D eigenvalue weighted by atomic mass is 9.88. The zero-order valence-corrected chi connectivity index (χ0v) is 23.2. The smallest absolute Gasteiger partial charge is 0.258 e. The van der Waals surface area contributed by atoms with E-state index in [0.29, 0.717) is 56.3 Å². The number of nitrogens with zero attached hydrogens (tertiary/aromatic N) is 2. The van der Waals surface area contributed by atoms with Gasteiger partial charge in [0.25, 0.3) is 5.91 Å². The van der Waals surface area contributed by atoms with Crippen molar-refractivity contribution in [3.05, 3.63) is 59.7 Å². The van der Waals surface area contributed by atoms with E-state index in [1.54, 1.807) is 24.1 Å². The molecule has 0 spiro atoms. The van der Waals surface area contributed by atoms with Gasteiger partial charge in [-0.1, -0.05) is 18.2 Å². The van der Waals surface area contributed by atoms with E-state index in [-0.39, 0.29) is 42.0 Å². The van der Waals surface area contributed by atoms with Crippen LogP contribution in [0.25, 0.3) is 10.8 Å². The fourth-order valence-corrected chi connectivity index (χ4v) is 7.42. The van der Waals surface area contributed by atoms with Crippen molar-refractivity contribution in [2.45, 2.75) is 30.6 Å². The van der Waals surface area contributed by atoms with Crippen molar-refractivity contribution in [1.29, 1.82) is 0 Å². The van der Waals surface area contributed by atoms with E-state index >= 15 is 0 Å². The molecule has 9 nitrogen and oxygen atoms in total. The fourth-order valence-electron chi connectivity index (χ4n) is 5.93. The third-order valence-corrected chi connectivity index (χ3v) is 9.93. The fraction of sp³-hybridized carbons (Fsp3) is 0.400. The molecule has 3 aromatic rings. The largest absolute Gasteiger partial charge is 0.486 e. The molecule has 0 radical (unpaired) electrons. The molecule has 6 rings (SSSR count). The molecule has 1 saturated heterocycles. The van der Waals surface area contributed by atoms with Gasteiger partial charge in [0.2, 0.25) is 10.0 Å². The minimum absolute atomic E-state index is 0.0215. The average Bonchev–Trinajstić information content (AvgIpc) is 3.26. The number of Topliss-reactive ketones (excluding diaryl/α,β-unsaturated/α-hetero) is 1. The maximum Gasteiger partial charge on any atom is 0.258 e. The van der Waals surface area contributed by atoms with Crippen LogP contribution < -0.4 is 14.4 Å². The van der Waals surface area contributed by atoms with E-state index in [1.165, 1.54) is 10.4 Å². The third kappa shape index (κ3) is 4.74. The summed E-state index contributed by atoms with van der Waals surface area (Å²) in [5, 5.41) is 1.82. The lowest BCUT2D eigenvalue weighted by Crippen LogP contribution is -2.40. The molecular weight excluding hydrogens is 532 g/mol. The number of carbonyl (C=O) groups excluding carboxylic acids is 2. The zero-order valence-electron chi connectivity index (χ0n) is 22.4. The molecule has 0 aliphatic carbocycles. The van der Waals surface area contributed by atoms with Crippen LogP contribution >= 0.6 is 0 Å². The maximum atomic E-state index is 13.4. The van der Waals surface area contributed by atoms with Gasteiger partial charge in [-0.2, -0.15) is 4.31 Å². The van der Waals surface area contributed by atoms with Crippen molar-refractivity contribution >= 4 is 38.2 Å². The second-order valence-electron chi connectivity index (χ2n) is 10.4. The van der Waals surface area contributed by atoms with Crippen LogP contribution in [0.4, 0.5) is 5.69 Å². The molecule has 0 unspecified atom stereocenters. The van der Waals surface area contributed by atoms with Crippen LogP contribution in [-0.2, 0) is 26.0 Å². The van der Waals surface area contributed by atoms with Gasteiger partial charge in [-0.3, -0.25) is 9.59 Å². The summed E-state index contributed by atoms with van der Waals surface area (Å²) in [5.74, 6) is 0.829. The number of methoxy groups -OCH3 is 1. The van der Waals surface area contributed by atoms with Crippen LogP contribution in [0.3, 0.4) is 0 Å². The van der Waals surface area contributed by atoms with Crippen molar-refractivity contribution in [2.75, 3.05) is 51.5 Å². The SMILES string of the molecule is COCCCN1C(=O)c2cccc3c(CC(=O)C4CCN(S(=O)(=O)c5ccc6c(c5)OCCO6)CC4)ccc1c23. The first-order valence-corrected chi connectivity index (χ1v) is 15.1. The molecule has 0 N–H and O–H groups in total. The van der Waals surface area contributed by atoms with Gasteiger partial charge in [-0.05, 0) is 54.5 Å². The van der Waals surface area contributed by atoms with Crippen LogP contribution in [0, 0.1) is 5.92 Å². The van der Waals surface area contributed by atoms with Crippen LogP contribution in [0.15, 0.2) is 53.4 Å². The summed E-state index contributed by atoms with van der Waals surface area (Å²) < 4.78 is 44.3. The molecule has 3 heterocycles. The van der Waals surface area contributed by atoms with Gasteiger partial charge in [-0.15, -0.1) is 0 Å². The number of benzene rings is 3. The second-order valence-corrected chi connectivity index (χ2v) is 12.3. The lowest BCUT2D eigenvalue weighted by molar-refractivity contribution is -0.123. The Bertz CT molecular complexity index is 1580. The molecule has 0 saturated carbocycles. The van der Waals surface area contributed by atoms with E-state index < -0.39 is 10.0 Å². The molecule has 210 valence electrons. The summed E-state index contributed by atoms with van der Waals surface area (Å²) in [7, 11) is -2.07. The number of anilines is 1. The predicted molar refractivity (Wildman–Crippen MR) is 150 cm³/mol. The first-order chi connectivity index (χ1) is 19.4. The maximum absolute atomic E-state index is 13.4. The number of ketones is 1. The molecule has 3 aromatic carbocycles. The summed E-state index contributed by atoms with van der Waals surface area (Å²) in [6.07, 6.45) is 1.92. The Labute approximate surface area is 233 Å². The Morgan fingerprint density at radius 1 is 1.02 bits per heavy atom. The third-order valence-electron chi connectivity index (χ3n) is 8.03. The van der Waals surface area contributed by atoms with Crippen LogP contribution in [0.2, 0.25) is 0 Å². The van der Waals surface area contributed by atoms with Crippen molar-refractivity contribution in [3.8, 4) is 11.5 Å². The van der Waals surface area contributed by atoms with Gasteiger partial charge < -0.3 is 19.1 Å². The number of fused-ring (bicyclic) bond motifs is 1. The Kier molecular flexibility index (Phi) is 7.24. The molecule has 3 aliphatic heterocycles. The molecule has 40 heavy (non-hydrogen) atoms. The molecule has 0 aromatic heterocycles. The number of piperidine rings is 1. The normalized spacial score (nSPS) is 17.5. The molecule has 10 heteroatoms. The van der Waals surface area contributed by atoms with E-state index in [0.717, 1.165) is 28.4 Å². The van der Waals surface area contributed by atoms with E-state index in [9.17, 15) is 18.0 Å². The number of sulfonamides is 1. The highest BCUT2D eigenvalue weighted by Crippen LogP contribution is 2.40. The molecule has 3 aliphatic rings. The van der Waals surface area contributed by atoms with Crippen LogP contribution in [0.5, 0.6) is 11.5 Å². The Morgan fingerprint density at radius 3 is 2.58 bits per heavy atom. The average molecular weight is 565 g/mol. The zero-order chi connectivity index (χ0) is 27.9. The van der Waals surface area contributed by atoms with Gasteiger partial charge in [0, 0.05) is 62.7 Å². The van der Waals surface area contributed by atoms with Gasteiger partial charge in [0.15, 0.2) is 11.5 Å². The van der Waals surface area contributed by atoms with Crippen molar-refractivity contribution in [1.82, 2.24) is 4.31 Å². The topological polar surface area (TPSA) is 102 Å². The molecular formula is C30H32N2O7S. The number of amides is 1. The number of hydrogen-bond acceptors (Lipinski definition) is 7. The Hall–Kier alpha value is -3.47. The van der Waals surface area contributed by atoms with E-state index in [1.807, 2.05) is 30.3 Å². The molecule has 0 atom stereocenters. The Morgan fingerprint density at radius 2 is 1.80 bits per heavy atom. The molecule has 1 amide bonds. The number of ether oxygens (including phenoxy) is 3. The van der Waals surface area contributed by atoms with Crippen LogP contribution in [-0.4, -0.2) is 71.0 Å². The highest BCUT2D eigenvalue weighted by Gasteiger charge is 2.34.